The molecule has 3 aliphatic heterocycles. The lowest BCUT2D eigenvalue weighted by atomic mass is 9.71. The Morgan fingerprint density at radius 3 is 2.40 bits per heavy atom. The summed E-state index contributed by atoms with van der Waals surface area (Å²) >= 11 is 7.56. The van der Waals surface area contributed by atoms with E-state index in [2.05, 4.69) is 111 Å². The molecule has 0 spiro atoms. The molecule has 0 saturated carbocycles. The molecular weight excluding hydrogens is 828 g/mol. The number of pyridine rings is 1. The zero-order chi connectivity index (χ0) is 30.3. The summed E-state index contributed by atoms with van der Waals surface area (Å²) in [6, 6.07) is 21.1. The summed E-state index contributed by atoms with van der Waals surface area (Å²) in [7, 11) is 3.41. The maximum absolute atomic E-state index is 12.4. The fourth-order valence-electron chi connectivity index (χ4n) is 7.60. The van der Waals surface area contributed by atoms with Crippen molar-refractivity contribution in [3.05, 3.63) is 111 Å². The van der Waals surface area contributed by atoms with Gasteiger partial charge < -0.3 is 53.0 Å². The number of aryl methyl sites for hydroxylation is 1. The van der Waals surface area contributed by atoms with Crippen molar-refractivity contribution >= 4 is 42.8 Å². The fourth-order valence-corrected chi connectivity index (χ4v) is 8.34. The number of halogens is 4. The third-order valence-corrected chi connectivity index (χ3v) is 11.4. The summed E-state index contributed by atoms with van der Waals surface area (Å²) in [6.07, 6.45) is 5.77. The van der Waals surface area contributed by atoms with Gasteiger partial charge in [-0.05, 0) is 55.3 Å². The standard InChI is InChI=1S/C36H40Br2N2O3.2BrH/c1-5-24-21-40(22-27-17-28(42-3)7-10-33(27)38)15-13-25(24)18-35(40)36(41)30-12-14-39(20-26-16-23(2)6-9-32(26)37)34-11-8-29(43-4)19-31(30)34;;/h5-12,14,16-17,19,24-25,35-36,41H,1,13,15,18,20-22H2,2-4H3;2*1H/q+2;;/p-2/t24-,25?,35?,36+,40?;;/m1../s1. The maximum atomic E-state index is 12.4. The van der Waals surface area contributed by atoms with Crippen molar-refractivity contribution in [2.45, 2.75) is 45.0 Å². The van der Waals surface area contributed by atoms with Crippen LogP contribution in [0.5, 0.6) is 11.5 Å². The Kier molecular flexibility index (Phi) is 12.0. The van der Waals surface area contributed by atoms with Crippen molar-refractivity contribution in [2.75, 3.05) is 27.3 Å². The molecule has 9 heteroatoms. The molecule has 3 unspecified atom stereocenters. The van der Waals surface area contributed by atoms with E-state index in [4.69, 9.17) is 9.47 Å². The number of methoxy groups -OCH3 is 2. The number of fused-ring (bicyclic) bond motifs is 4. The molecule has 1 aromatic heterocycles. The Hall–Kier alpha value is -1.75. The topological polar surface area (TPSA) is 42.6 Å². The molecule has 3 saturated heterocycles. The summed E-state index contributed by atoms with van der Waals surface area (Å²) in [5, 5.41) is 13.5. The maximum Gasteiger partial charge on any atom is 0.213 e. The first-order chi connectivity index (χ1) is 20.7. The molecule has 3 aliphatic rings. The van der Waals surface area contributed by atoms with Crippen LogP contribution in [0.2, 0.25) is 0 Å². The van der Waals surface area contributed by atoms with Gasteiger partial charge in [-0.2, -0.15) is 4.57 Å². The van der Waals surface area contributed by atoms with E-state index in [1.807, 2.05) is 12.1 Å². The predicted molar refractivity (Wildman–Crippen MR) is 178 cm³/mol. The number of aliphatic hydroxyl groups excluding tert-OH is 1. The van der Waals surface area contributed by atoms with Crippen LogP contribution < -0.4 is 48.0 Å². The van der Waals surface area contributed by atoms with E-state index < -0.39 is 6.10 Å². The van der Waals surface area contributed by atoms with Crippen molar-refractivity contribution in [3.8, 4) is 11.5 Å². The molecule has 0 aliphatic carbocycles. The minimum absolute atomic E-state index is 0. The Morgan fingerprint density at radius 2 is 1.67 bits per heavy atom. The van der Waals surface area contributed by atoms with Crippen LogP contribution in [0.25, 0.3) is 10.9 Å². The SMILES string of the molecule is C=C[C@@H]1C[N+]2(Cc3cc(OC)ccc3Br)CCC1CC2[C@@H](O)c1cc[n+](Cc2cc(C)ccc2Br)c2ccc(OC)cc12.[Br-].[Br-]. The first kappa shape index (κ1) is 36.1. The number of piperidine rings is 3. The molecule has 4 heterocycles. The first-order valence-electron chi connectivity index (χ1n) is 15.0. The molecule has 0 radical (unpaired) electrons. The molecule has 0 amide bonds. The number of aromatic nitrogens is 1. The van der Waals surface area contributed by atoms with Crippen molar-refractivity contribution in [1.29, 1.82) is 0 Å². The molecule has 4 aromatic rings. The third-order valence-electron chi connectivity index (χ3n) is 9.90. The van der Waals surface area contributed by atoms with Crippen LogP contribution in [0.15, 0.2) is 88.5 Å². The second kappa shape index (κ2) is 15.0. The lowest BCUT2D eigenvalue weighted by molar-refractivity contribution is -0.985. The zero-order valence-electron chi connectivity index (χ0n) is 25.9. The van der Waals surface area contributed by atoms with E-state index >= 15 is 0 Å². The van der Waals surface area contributed by atoms with Crippen molar-refractivity contribution in [3.63, 3.8) is 0 Å². The highest BCUT2D eigenvalue weighted by atomic mass is 79.9. The van der Waals surface area contributed by atoms with Gasteiger partial charge in [0.05, 0.1) is 32.7 Å². The fraction of sp³-hybridized carbons (Fsp3) is 0.361. The molecule has 45 heavy (non-hydrogen) atoms. The second-order valence-electron chi connectivity index (χ2n) is 12.3. The van der Waals surface area contributed by atoms with Crippen molar-refractivity contribution in [2.24, 2.45) is 11.8 Å². The molecule has 3 fully saturated rings. The van der Waals surface area contributed by atoms with Crippen LogP contribution in [0, 0.1) is 18.8 Å². The van der Waals surface area contributed by atoms with Crippen molar-refractivity contribution in [1.82, 2.24) is 0 Å². The van der Waals surface area contributed by atoms with Crippen LogP contribution in [0.3, 0.4) is 0 Å². The van der Waals surface area contributed by atoms with Crippen LogP contribution in [-0.4, -0.2) is 42.9 Å². The van der Waals surface area contributed by atoms with Gasteiger partial charge in [0, 0.05) is 56.5 Å². The summed E-state index contributed by atoms with van der Waals surface area (Å²) < 4.78 is 16.5. The molecule has 2 bridgehead atoms. The summed E-state index contributed by atoms with van der Waals surface area (Å²) in [6.45, 7) is 9.89. The minimum Gasteiger partial charge on any atom is -1.00 e. The van der Waals surface area contributed by atoms with Gasteiger partial charge in [0.15, 0.2) is 12.7 Å². The van der Waals surface area contributed by atoms with E-state index in [9.17, 15) is 5.11 Å². The molecule has 1 N–H and O–H groups in total. The van der Waals surface area contributed by atoms with E-state index in [0.717, 1.165) is 80.4 Å². The number of ether oxygens (including phenoxy) is 2. The Morgan fingerprint density at radius 1 is 0.978 bits per heavy atom. The third kappa shape index (κ3) is 7.09. The largest absolute Gasteiger partial charge is 1.00 e. The highest BCUT2D eigenvalue weighted by molar-refractivity contribution is 9.10. The van der Waals surface area contributed by atoms with E-state index in [0.29, 0.717) is 11.8 Å². The van der Waals surface area contributed by atoms with Crippen molar-refractivity contribution < 1.29 is 57.6 Å². The average Bonchev–Trinajstić information content (AvgIpc) is 3.03. The van der Waals surface area contributed by atoms with Gasteiger partial charge in [-0.25, -0.2) is 0 Å². The van der Waals surface area contributed by atoms with Crippen LogP contribution in [0.4, 0.5) is 0 Å². The second-order valence-corrected chi connectivity index (χ2v) is 14.0. The lowest BCUT2D eigenvalue weighted by Gasteiger charge is -2.58. The van der Waals surface area contributed by atoms with Gasteiger partial charge >= 0.3 is 0 Å². The summed E-state index contributed by atoms with van der Waals surface area (Å²) in [5.74, 6) is 2.63. The molecule has 5 atom stereocenters. The van der Waals surface area contributed by atoms with E-state index in [1.54, 1.807) is 14.2 Å². The number of quaternary nitrogens is 1. The lowest BCUT2D eigenvalue weighted by Crippen LogP contribution is -3.00. The monoisotopic (exact) mass is 864 g/mol. The average molecular weight is 868 g/mol. The normalized spacial score (nSPS) is 22.7. The number of hydrogen-bond donors (Lipinski definition) is 1. The number of aliphatic hydroxyl groups is 1. The highest BCUT2D eigenvalue weighted by Crippen LogP contribution is 2.48. The zero-order valence-corrected chi connectivity index (χ0v) is 32.2. The Balaban J connectivity index is 0.00000230. The number of benzene rings is 3. The minimum atomic E-state index is -0.632. The van der Waals surface area contributed by atoms with Crippen LogP contribution >= 0.6 is 31.9 Å². The Labute approximate surface area is 304 Å². The van der Waals surface area contributed by atoms with Gasteiger partial charge in [-0.15, -0.1) is 6.58 Å². The molecule has 3 aromatic carbocycles. The first-order valence-corrected chi connectivity index (χ1v) is 16.6. The van der Waals surface area contributed by atoms with E-state index in [-0.39, 0.29) is 40.0 Å². The number of rotatable bonds is 9. The van der Waals surface area contributed by atoms with Gasteiger partial charge in [0.2, 0.25) is 5.52 Å². The predicted octanol–water partition coefficient (Wildman–Crippen LogP) is 1.68. The molecule has 7 rings (SSSR count). The van der Waals surface area contributed by atoms with Gasteiger partial charge in [-0.1, -0.05) is 49.6 Å². The van der Waals surface area contributed by atoms with Gasteiger partial charge in [-0.3, -0.25) is 0 Å². The van der Waals surface area contributed by atoms with Crippen LogP contribution in [-0.2, 0) is 13.1 Å². The van der Waals surface area contributed by atoms with Gasteiger partial charge in [0.1, 0.15) is 30.2 Å². The quantitative estimate of drug-likeness (QED) is 0.159. The smallest absolute Gasteiger partial charge is 0.213 e. The molecule has 240 valence electrons. The van der Waals surface area contributed by atoms with E-state index in [1.165, 1.54) is 16.7 Å². The summed E-state index contributed by atoms with van der Waals surface area (Å²) in [5.41, 5.74) is 5.69. The molecule has 5 nitrogen and oxygen atoms in total. The highest BCUT2D eigenvalue weighted by Gasteiger charge is 2.54. The number of nitrogens with zero attached hydrogens (tertiary/aromatic N) is 2. The van der Waals surface area contributed by atoms with Gasteiger partial charge in [0.25, 0.3) is 0 Å². The Bertz CT molecular complexity index is 1680. The number of hydrogen-bond acceptors (Lipinski definition) is 3. The summed E-state index contributed by atoms with van der Waals surface area (Å²) in [4.78, 5) is 0. The molecular formula is C36H40Br4N2O3. The van der Waals surface area contributed by atoms with Crippen LogP contribution in [0.1, 0.15) is 41.2 Å².